The van der Waals surface area contributed by atoms with Crippen molar-refractivity contribution >= 4 is 15.9 Å². The van der Waals surface area contributed by atoms with Gasteiger partial charge in [0.15, 0.2) is 0 Å². The first-order chi connectivity index (χ1) is 9.24. The molecule has 19 heavy (non-hydrogen) atoms. The quantitative estimate of drug-likeness (QED) is 0.867. The van der Waals surface area contributed by atoms with E-state index in [2.05, 4.69) is 52.3 Å². The predicted molar refractivity (Wildman–Crippen MR) is 83.2 cm³/mol. The maximum absolute atomic E-state index is 6.39. The molecule has 1 aliphatic rings. The summed E-state index contributed by atoms with van der Waals surface area (Å²) in [6.07, 6.45) is 4.03. The van der Waals surface area contributed by atoms with Gasteiger partial charge in [-0.2, -0.15) is 0 Å². The van der Waals surface area contributed by atoms with Gasteiger partial charge in [-0.3, -0.25) is 0 Å². The molecule has 2 heteroatoms. The molecule has 1 fully saturated rings. The monoisotopic (exact) mass is 315 g/mol. The molecule has 1 nitrogen and oxygen atoms in total. The van der Waals surface area contributed by atoms with Gasteiger partial charge in [-0.05, 0) is 47.6 Å². The summed E-state index contributed by atoms with van der Waals surface area (Å²) in [5.41, 5.74) is 10.2. The molecular formula is C17H18BrN. The number of halogens is 1. The zero-order valence-electron chi connectivity index (χ0n) is 10.9. The largest absolute Gasteiger partial charge is 0.320 e. The molecule has 1 atom stereocenters. The Hall–Kier alpha value is -1.12. The van der Waals surface area contributed by atoms with E-state index in [1.54, 1.807) is 0 Å². The smallest absolute Gasteiger partial charge is 0.0552 e. The minimum Gasteiger partial charge on any atom is -0.320 e. The number of hydrogen-bond donors (Lipinski definition) is 1. The summed E-state index contributed by atoms with van der Waals surface area (Å²) >= 11 is 3.51. The van der Waals surface area contributed by atoms with Gasteiger partial charge in [-0.25, -0.2) is 0 Å². The molecule has 98 valence electrons. The molecule has 2 aromatic carbocycles. The number of benzene rings is 2. The molecule has 2 N–H and O–H groups in total. The van der Waals surface area contributed by atoms with E-state index in [4.69, 9.17) is 5.73 Å². The highest BCUT2D eigenvalue weighted by Gasteiger charge is 2.20. The third-order valence-corrected chi connectivity index (χ3v) is 4.55. The molecule has 0 aromatic heterocycles. The molecular weight excluding hydrogens is 298 g/mol. The fourth-order valence-electron chi connectivity index (χ4n) is 2.64. The number of rotatable bonds is 3. The average Bonchev–Trinajstić information content (AvgIpc) is 2.36. The van der Waals surface area contributed by atoms with Crippen molar-refractivity contribution in [3.8, 4) is 0 Å². The van der Waals surface area contributed by atoms with Crippen LogP contribution in [0.3, 0.4) is 0 Å². The number of hydrogen-bond acceptors (Lipinski definition) is 1. The Kier molecular flexibility index (Phi) is 3.72. The van der Waals surface area contributed by atoms with Crippen LogP contribution >= 0.6 is 15.9 Å². The van der Waals surface area contributed by atoms with Crippen LogP contribution in [-0.2, 0) is 0 Å². The molecule has 0 heterocycles. The SMILES string of the molecule is NC(c1cccc(Br)c1)c1cccc(C2CCC2)c1. The van der Waals surface area contributed by atoms with Crippen molar-refractivity contribution in [3.63, 3.8) is 0 Å². The van der Waals surface area contributed by atoms with Crippen LogP contribution in [0, 0.1) is 0 Å². The predicted octanol–water partition coefficient (Wildman–Crippen LogP) is 4.76. The van der Waals surface area contributed by atoms with Crippen LogP contribution in [0.25, 0.3) is 0 Å². The molecule has 0 spiro atoms. The molecule has 0 aliphatic heterocycles. The lowest BCUT2D eigenvalue weighted by molar-refractivity contribution is 0.419. The van der Waals surface area contributed by atoms with Gasteiger partial charge in [-0.15, -0.1) is 0 Å². The van der Waals surface area contributed by atoms with E-state index in [1.807, 2.05) is 12.1 Å². The second-order valence-electron chi connectivity index (χ2n) is 5.33. The zero-order chi connectivity index (χ0) is 13.2. The van der Waals surface area contributed by atoms with Gasteiger partial charge >= 0.3 is 0 Å². The highest BCUT2D eigenvalue weighted by atomic mass is 79.9. The van der Waals surface area contributed by atoms with Gasteiger partial charge in [0, 0.05) is 4.47 Å². The summed E-state index contributed by atoms with van der Waals surface area (Å²) in [6, 6.07) is 17.0. The molecule has 1 saturated carbocycles. The second kappa shape index (κ2) is 5.48. The fraction of sp³-hybridized carbons (Fsp3) is 0.294. The molecule has 3 rings (SSSR count). The maximum atomic E-state index is 6.39. The van der Waals surface area contributed by atoms with Crippen molar-refractivity contribution in [2.45, 2.75) is 31.2 Å². The van der Waals surface area contributed by atoms with Crippen molar-refractivity contribution in [3.05, 3.63) is 69.7 Å². The summed E-state index contributed by atoms with van der Waals surface area (Å²) in [4.78, 5) is 0. The van der Waals surface area contributed by atoms with Crippen LogP contribution in [0.5, 0.6) is 0 Å². The number of nitrogens with two attached hydrogens (primary N) is 1. The van der Waals surface area contributed by atoms with Gasteiger partial charge in [-0.1, -0.05) is 58.7 Å². The minimum atomic E-state index is -0.0440. The van der Waals surface area contributed by atoms with Crippen LogP contribution in [0.4, 0.5) is 0 Å². The molecule has 0 bridgehead atoms. The third kappa shape index (κ3) is 2.75. The van der Waals surface area contributed by atoms with Crippen molar-refractivity contribution in [1.82, 2.24) is 0 Å². The first-order valence-corrected chi connectivity index (χ1v) is 7.64. The molecule has 0 radical (unpaired) electrons. The summed E-state index contributed by atoms with van der Waals surface area (Å²) in [6.45, 7) is 0. The highest BCUT2D eigenvalue weighted by molar-refractivity contribution is 9.10. The fourth-order valence-corrected chi connectivity index (χ4v) is 3.06. The van der Waals surface area contributed by atoms with Crippen LogP contribution in [0.1, 0.15) is 47.9 Å². The Morgan fingerprint density at radius 3 is 2.32 bits per heavy atom. The maximum Gasteiger partial charge on any atom is 0.0552 e. The Labute approximate surface area is 123 Å². The van der Waals surface area contributed by atoms with E-state index in [-0.39, 0.29) is 6.04 Å². The Morgan fingerprint density at radius 1 is 1.00 bits per heavy atom. The normalized spacial score (nSPS) is 16.9. The van der Waals surface area contributed by atoms with Crippen molar-refractivity contribution in [2.24, 2.45) is 5.73 Å². The van der Waals surface area contributed by atoms with Crippen molar-refractivity contribution in [2.75, 3.05) is 0 Å². The lowest BCUT2D eigenvalue weighted by Crippen LogP contribution is -2.14. The lowest BCUT2D eigenvalue weighted by Gasteiger charge is -2.26. The van der Waals surface area contributed by atoms with E-state index < -0.39 is 0 Å². The van der Waals surface area contributed by atoms with E-state index in [0.29, 0.717) is 0 Å². The highest BCUT2D eigenvalue weighted by Crippen LogP contribution is 2.37. The molecule has 2 aromatic rings. The van der Waals surface area contributed by atoms with E-state index in [1.165, 1.54) is 30.4 Å². The van der Waals surface area contributed by atoms with E-state index in [9.17, 15) is 0 Å². The second-order valence-corrected chi connectivity index (χ2v) is 6.25. The van der Waals surface area contributed by atoms with E-state index >= 15 is 0 Å². The first kappa shape index (κ1) is 12.9. The van der Waals surface area contributed by atoms with Gasteiger partial charge < -0.3 is 5.73 Å². The van der Waals surface area contributed by atoms with Crippen LogP contribution in [-0.4, -0.2) is 0 Å². The van der Waals surface area contributed by atoms with Gasteiger partial charge in [0.05, 0.1) is 6.04 Å². The molecule has 1 unspecified atom stereocenters. The average molecular weight is 316 g/mol. The topological polar surface area (TPSA) is 26.0 Å². The lowest BCUT2D eigenvalue weighted by atomic mass is 9.79. The summed E-state index contributed by atoms with van der Waals surface area (Å²) < 4.78 is 1.08. The first-order valence-electron chi connectivity index (χ1n) is 6.85. The van der Waals surface area contributed by atoms with Gasteiger partial charge in [0.25, 0.3) is 0 Å². The third-order valence-electron chi connectivity index (χ3n) is 4.05. The van der Waals surface area contributed by atoms with Crippen molar-refractivity contribution < 1.29 is 0 Å². The minimum absolute atomic E-state index is 0.0440. The van der Waals surface area contributed by atoms with Crippen molar-refractivity contribution in [1.29, 1.82) is 0 Å². The van der Waals surface area contributed by atoms with Crippen LogP contribution in [0.15, 0.2) is 53.0 Å². The Bertz CT molecular complexity index is 575. The van der Waals surface area contributed by atoms with Crippen LogP contribution in [0.2, 0.25) is 0 Å². The summed E-state index contributed by atoms with van der Waals surface area (Å²) in [5.74, 6) is 0.759. The van der Waals surface area contributed by atoms with E-state index in [0.717, 1.165) is 16.0 Å². The van der Waals surface area contributed by atoms with Gasteiger partial charge in [0.1, 0.15) is 0 Å². The van der Waals surface area contributed by atoms with Gasteiger partial charge in [0.2, 0.25) is 0 Å². The van der Waals surface area contributed by atoms with Crippen LogP contribution < -0.4 is 5.73 Å². The molecule has 0 amide bonds. The standard InChI is InChI=1S/C17H18BrN/c18-16-9-3-8-15(11-16)17(19)14-7-2-6-13(10-14)12-4-1-5-12/h2-3,6-12,17H,1,4-5,19H2. The summed E-state index contributed by atoms with van der Waals surface area (Å²) in [5, 5.41) is 0. The Balaban J connectivity index is 1.88. The molecule has 0 saturated heterocycles. The zero-order valence-corrected chi connectivity index (χ0v) is 12.4. The molecule has 1 aliphatic carbocycles. The summed E-state index contributed by atoms with van der Waals surface area (Å²) in [7, 11) is 0. The Morgan fingerprint density at radius 2 is 1.68 bits per heavy atom.